The second-order valence-corrected chi connectivity index (χ2v) is 6.23. The SMILES string of the molecule is CC(=O)On1c(-c2ccc(C)cc2)ncc(NC(=O)OCc2ccccc2)c1=O. The van der Waals surface area contributed by atoms with E-state index in [9.17, 15) is 14.4 Å². The predicted molar refractivity (Wildman–Crippen MR) is 106 cm³/mol. The molecule has 0 aliphatic carbocycles. The minimum atomic E-state index is -0.829. The molecule has 8 heteroatoms. The van der Waals surface area contributed by atoms with Crippen molar-refractivity contribution >= 4 is 17.7 Å². The first-order chi connectivity index (χ1) is 13.9. The number of hydrogen-bond donors (Lipinski definition) is 1. The Morgan fingerprint density at radius 1 is 1.07 bits per heavy atom. The van der Waals surface area contributed by atoms with Crippen LogP contribution in [0.25, 0.3) is 11.4 Å². The fourth-order valence-electron chi connectivity index (χ4n) is 2.50. The van der Waals surface area contributed by atoms with Crippen LogP contribution in [0.2, 0.25) is 0 Å². The average molecular weight is 393 g/mol. The van der Waals surface area contributed by atoms with E-state index < -0.39 is 17.6 Å². The van der Waals surface area contributed by atoms with E-state index in [4.69, 9.17) is 9.57 Å². The predicted octanol–water partition coefficient (Wildman–Crippen LogP) is 2.94. The van der Waals surface area contributed by atoms with Crippen molar-refractivity contribution in [2.75, 3.05) is 5.32 Å². The molecule has 0 bridgehead atoms. The van der Waals surface area contributed by atoms with Crippen molar-refractivity contribution in [3.05, 3.63) is 82.3 Å². The summed E-state index contributed by atoms with van der Waals surface area (Å²) >= 11 is 0. The van der Waals surface area contributed by atoms with Gasteiger partial charge in [0.15, 0.2) is 5.82 Å². The molecule has 29 heavy (non-hydrogen) atoms. The van der Waals surface area contributed by atoms with E-state index in [-0.39, 0.29) is 18.1 Å². The lowest BCUT2D eigenvalue weighted by Crippen LogP contribution is -2.34. The maximum atomic E-state index is 12.8. The Labute approximate surface area is 166 Å². The molecule has 0 unspecified atom stereocenters. The first-order valence-electron chi connectivity index (χ1n) is 8.80. The lowest BCUT2D eigenvalue weighted by molar-refractivity contribution is -0.141. The van der Waals surface area contributed by atoms with Crippen LogP contribution in [0.3, 0.4) is 0 Å². The number of amides is 1. The number of hydrogen-bond acceptors (Lipinski definition) is 6. The Morgan fingerprint density at radius 3 is 2.41 bits per heavy atom. The number of benzene rings is 2. The Kier molecular flexibility index (Phi) is 6.03. The normalized spacial score (nSPS) is 10.3. The third kappa shape index (κ3) is 5.07. The zero-order chi connectivity index (χ0) is 20.8. The Bertz CT molecular complexity index is 1080. The summed E-state index contributed by atoms with van der Waals surface area (Å²) < 4.78 is 5.85. The van der Waals surface area contributed by atoms with E-state index in [0.717, 1.165) is 15.9 Å². The van der Waals surface area contributed by atoms with Gasteiger partial charge >= 0.3 is 17.6 Å². The number of anilines is 1. The maximum absolute atomic E-state index is 12.8. The first-order valence-corrected chi connectivity index (χ1v) is 8.80. The summed E-state index contributed by atoms with van der Waals surface area (Å²) in [6.45, 7) is 3.13. The molecule has 0 saturated carbocycles. The molecule has 3 aromatic rings. The molecule has 0 atom stereocenters. The number of carbonyl (C=O) groups is 2. The summed E-state index contributed by atoms with van der Waals surface area (Å²) in [4.78, 5) is 45.5. The number of aryl methyl sites for hydroxylation is 1. The second-order valence-electron chi connectivity index (χ2n) is 6.23. The molecular weight excluding hydrogens is 374 g/mol. The van der Waals surface area contributed by atoms with Gasteiger partial charge in [-0.2, -0.15) is 0 Å². The summed E-state index contributed by atoms with van der Waals surface area (Å²) in [5.41, 5.74) is 1.47. The molecule has 0 aliphatic rings. The minimum absolute atomic E-state index is 0.0414. The van der Waals surface area contributed by atoms with Gasteiger partial charge in [0.2, 0.25) is 0 Å². The lowest BCUT2D eigenvalue weighted by atomic mass is 10.1. The van der Waals surface area contributed by atoms with E-state index >= 15 is 0 Å². The van der Waals surface area contributed by atoms with Gasteiger partial charge in [-0.1, -0.05) is 60.2 Å². The van der Waals surface area contributed by atoms with Crippen molar-refractivity contribution in [1.82, 2.24) is 9.71 Å². The molecule has 148 valence electrons. The highest BCUT2D eigenvalue weighted by molar-refractivity contribution is 5.84. The molecular formula is C21H19N3O5. The van der Waals surface area contributed by atoms with E-state index in [0.29, 0.717) is 5.56 Å². The third-order valence-electron chi connectivity index (χ3n) is 3.90. The van der Waals surface area contributed by atoms with Crippen LogP contribution in [0.5, 0.6) is 0 Å². The number of rotatable bonds is 5. The Morgan fingerprint density at radius 2 is 1.76 bits per heavy atom. The minimum Gasteiger partial charge on any atom is -0.444 e. The van der Waals surface area contributed by atoms with Crippen LogP contribution in [-0.2, 0) is 16.1 Å². The van der Waals surface area contributed by atoms with Crippen molar-refractivity contribution in [1.29, 1.82) is 0 Å². The molecule has 1 amide bonds. The number of carbonyl (C=O) groups excluding carboxylic acids is 2. The molecule has 0 saturated heterocycles. The van der Waals surface area contributed by atoms with Gasteiger partial charge in [0.25, 0.3) is 0 Å². The van der Waals surface area contributed by atoms with Crippen LogP contribution in [0.4, 0.5) is 10.5 Å². The van der Waals surface area contributed by atoms with Gasteiger partial charge in [-0.3, -0.25) is 10.1 Å². The number of ether oxygens (including phenoxy) is 1. The summed E-state index contributed by atoms with van der Waals surface area (Å²) in [6, 6.07) is 16.3. The van der Waals surface area contributed by atoms with Crippen LogP contribution in [-0.4, -0.2) is 21.8 Å². The maximum Gasteiger partial charge on any atom is 0.412 e. The van der Waals surface area contributed by atoms with Gasteiger partial charge < -0.3 is 9.57 Å². The van der Waals surface area contributed by atoms with Crippen LogP contribution in [0, 0.1) is 6.92 Å². The third-order valence-corrected chi connectivity index (χ3v) is 3.90. The van der Waals surface area contributed by atoms with Gasteiger partial charge in [-0.15, -0.1) is 4.73 Å². The number of aromatic nitrogens is 2. The average Bonchev–Trinajstić information content (AvgIpc) is 2.71. The Hall–Kier alpha value is -3.94. The van der Waals surface area contributed by atoms with Crippen LogP contribution in [0.1, 0.15) is 18.1 Å². The van der Waals surface area contributed by atoms with E-state index in [1.165, 1.54) is 13.1 Å². The smallest absolute Gasteiger partial charge is 0.412 e. The highest BCUT2D eigenvalue weighted by Crippen LogP contribution is 2.17. The molecule has 0 aliphatic heterocycles. The molecule has 0 spiro atoms. The molecule has 8 nitrogen and oxygen atoms in total. The van der Waals surface area contributed by atoms with E-state index in [1.54, 1.807) is 24.3 Å². The number of nitrogens with one attached hydrogen (secondary N) is 1. The zero-order valence-corrected chi connectivity index (χ0v) is 15.9. The largest absolute Gasteiger partial charge is 0.444 e. The fraction of sp³-hybridized carbons (Fsp3) is 0.143. The van der Waals surface area contributed by atoms with Gasteiger partial charge in [0.1, 0.15) is 12.3 Å². The van der Waals surface area contributed by atoms with Gasteiger partial charge in [0.05, 0.1) is 6.20 Å². The molecule has 1 aromatic heterocycles. The van der Waals surface area contributed by atoms with Crippen LogP contribution < -0.4 is 15.7 Å². The van der Waals surface area contributed by atoms with Gasteiger partial charge in [0, 0.05) is 12.5 Å². The van der Waals surface area contributed by atoms with Gasteiger partial charge in [-0.25, -0.2) is 14.6 Å². The van der Waals surface area contributed by atoms with E-state index in [2.05, 4.69) is 10.3 Å². The van der Waals surface area contributed by atoms with Crippen LogP contribution >= 0.6 is 0 Å². The van der Waals surface area contributed by atoms with Crippen LogP contribution in [0.15, 0.2) is 65.6 Å². The standard InChI is InChI=1S/C21H19N3O5/c1-14-8-10-17(11-9-14)19-22-12-18(20(26)24(19)29-15(2)25)23-21(27)28-13-16-6-4-3-5-7-16/h3-12H,13H2,1-2H3,(H,23,27). The molecule has 2 aromatic carbocycles. The molecule has 1 heterocycles. The molecule has 0 radical (unpaired) electrons. The summed E-state index contributed by atoms with van der Waals surface area (Å²) in [5, 5.41) is 2.33. The fourth-order valence-corrected chi connectivity index (χ4v) is 2.50. The van der Waals surface area contributed by atoms with Crippen molar-refractivity contribution in [2.45, 2.75) is 20.5 Å². The topological polar surface area (TPSA) is 99.5 Å². The lowest BCUT2D eigenvalue weighted by Gasteiger charge is -2.13. The summed E-state index contributed by atoms with van der Waals surface area (Å²) in [6.07, 6.45) is 0.367. The molecule has 1 N–H and O–H groups in total. The second kappa shape index (κ2) is 8.83. The van der Waals surface area contributed by atoms with Crippen molar-refractivity contribution < 1.29 is 19.2 Å². The van der Waals surface area contributed by atoms with Crippen molar-refractivity contribution in [3.8, 4) is 11.4 Å². The quantitative estimate of drug-likeness (QED) is 0.715. The highest BCUT2D eigenvalue weighted by Gasteiger charge is 2.17. The first kappa shape index (κ1) is 19.8. The highest BCUT2D eigenvalue weighted by atomic mass is 16.7. The monoisotopic (exact) mass is 393 g/mol. The Balaban J connectivity index is 1.84. The summed E-state index contributed by atoms with van der Waals surface area (Å²) in [5.74, 6) is -0.570. The number of nitrogens with zero attached hydrogens (tertiary/aromatic N) is 2. The van der Waals surface area contributed by atoms with E-state index in [1.807, 2.05) is 37.3 Å². The van der Waals surface area contributed by atoms with Crippen molar-refractivity contribution in [3.63, 3.8) is 0 Å². The zero-order valence-electron chi connectivity index (χ0n) is 15.9. The molecule has 0 fully saturated rings. The van der Waals surface area contributed by atoms with Gasteiger partial charge in [-0.05, 0) is 12.5 Å². The van der Waals surface area contributed by atoms with Crippen molar-refractivity contribution in [2.24, 2.45) is 0 Å². The summed E-state index contributed by atoms with van der Waals surface area (Å²) in [7, 11) is 0. The molecule has 3 rings (SSSR count).